The molecule has 1 saturated heterocycles. The van der Waals surface area contributed by atoms with Crippen LogP contribution < -0.4 is 5.32 Å². The summed E-state index contributed by atoms with van der Waals surface area (Å²) in [5.41, 5.74) is 0.220. The van der Waals surface area contributed by atoms with E-state index in [4.69, 9.17) is 0 Å². The van der Waals surface area contributed by atoms with E-state index in [0.717, 1.165) is 51.7 Å². The molecule has 2 heterocycles. The summed E-state index contributed by atoms with van der Waals surface area (Å²) in [5, 5.41) is 13.4. The maximum absolute atomic E-state index is 12.2. The van der Waals surface area contributed by atoms with E-state index in [9.17, 15) is 9.90 Å². The molecule has 3 rings (SSSR count). The van der Waals surface area contributed by atoms with Gasteiger partial charge in [-0.2, -0.15) is 0 Å². The van der Waals surface area contributed by atoms with Gasteiger partial charge in [-0.3, -0.25) is 9.78 Å². The summed E-state index contributed by atoms with van der Waals surface area (Å²) < 4.78 is 0. The quantitative estimate of drug-likeness (QED) is 0.864. The van der Waals surface area contributed by atoms with Crippen LogP contribution in [0.1, 0.15) is 44.1 Å². The third kappa shape index (κ3) is 4.30. The predicted octanol–water partition coefficient (Wildman–Crippen LogP) is 1.51. The molecular weight excluding hydrogens is 290 g/mol. The topological polar surface area (TPSA) is 65.5 Å². The molecule has 0 bridgehead atoms. The zero-order valence-electron chi connectivity index (χ0n) is 13.7. The number of carbonyl (C=O) groups is 1. The summed E-state index contributed by atoms with van der Waals surface area (Å²) in [6.07, 6.45) is 9.80. The normalized spacial score (nSPS) is 22.1. The number of likely N-dealkylation sites (tertiary alicyclic amines) is 1. The molecule has 5 nitrogen and oxygen atoms in total. The number of pyridine rings is 1. The molecular formula is C18H27N3O2. The Kier molecular flexibility index (Phi) is 5.28. The van der Waals surface area contributed by atoms with Crippen LogP contribution in [0.3, 0.4) is 0 Å². The molecule has 5 heteroatoms. The molecule has 2 aliphatic rings. The van der Waals surface area contributed by atoms with Gasteiger partial charge in [-0.15, -0.1) is 0 Å². The first-order valence-corrected chi connectivity index (χ1v) is 8.80. The fraction of sp³-hybridized carbons (Fsp3) is 0.667. The Morgan fingerprint density at radius 2 is 1.91 bits per heavy atom. The van der Waals surface area contributed by atoms with Crippen molar-refractivity contribution < 1.29 is 9.90 Å². The molecule has 1 aromatic heterocycles. The van der Waals surface area contributed by atoms with E-state index in [1.54, 1.807) is 0 Å². The minimum absolute atomic E-state index is 0.148. The molecule has 23 heavy (non-hydrogen) atoms. The van der Waals surface area contributed by atoms with Gasteiger partial charge in [0.1, 0.15) is 5.60 Å². The van der Waals surface area contributed by atoms with Gasteiger partial charge >= 0.3 is 0 Å². The molecule has 2 fully saturated rings. The summed E-state index contributed by atoms with van der Waals surface area (Å²) in [7, 11) is 0. The SMILES string of the molecule is O=C(NC1CCN(CCc2ccncc2)CC1)C1(O)CCCC1. The standard InChI is InChI=1S/C18H27N3O2/c22-17(18(23)8-1-2-9-18)20-16-6-13-21(14-7-16)12-5-15-3-10-19-11-4-15/h3-4,10-11,16,23H,1-2,5-9,12-14H2,(H,20,22). The van der Waals surface area contributed by atoms with Crippen molar-refractivity contribution >= 4 is 5.91 Å². The van der Waals surface area contributed by atoms with Crippen LogP contribution in [-0.2, 0) is 11.2 Å². The van der Waals surface area contributed by atoms with E-state index >= 15 is 0 Å². The van der Waals surface area contributed by atoms with Crippen molar-refractivity contribution in [1.82, 2.24) is 15.2 Å². The number of nitrogens with zero attached hydrogens (tertiary/aromatic N) is 2. The number of aromatic nitrogens is 1. The number of aliphatic hydroxyl groups is 1. The second-order valence-electron chi connectivity index (χ2n) is 6.93. The molecule has 1 saturated carbocycles. The van der Waals surface area contributed by atoms with Gasteiger partial charge in [0.2, 0.25) is 0 Å². The van der Waals surface area contributed by atoms with Gasteiger partial charge < -0.3 is 15.3 Å². The van der Waals surface area contributed by atoms with Crippen LogP contribution in [0, 0.1) is 0 Å². The Hall–Kier alpha value is -1.46. The monoisotopic (exact) mass is 317 g/mol. The van der Waals surface area contributed by atoms with Crippen LogP contribution in [-0.4, -0.2) is 52.2 Å². The highest BCUT2D eigenvalue weighted by molar-refractivity contribution is 5.85. The van der Waals surface area contributed by atoms with Gasteiger partial charge in [0, 0.05) is 38.1 Å². The zero-order valence-corrected chi connectivity index (χ0v) is 13.7. The molecule has 126 valence electrons. The van der Waals surface area contributed by atoms with Crippen LogP contribution in [0.2, 0.25) is 0 Å². The first-order chi connectivity index (χ1) is 11.2. The highest BCUT2D eigenvalue weighted by Crippen LogP contribution is 2.29. The molecule has 1 amide bonds. The predicted molar refractivity (Wildman–Crippen MR) is 89.0 cm³/mol. The fourth-order valence-electron chi connectivity index (χ4n) is 3.64. The second-order valence-corrected chi connectivity index (χ2v) is 6.93. The Labute approximate surface area is 138 Å². The van der Waals surface area contributed by atoms with Gasteiger partial charge in [-0.25, -0.2) is 0 Å². The first-order valence-electron chi connectivity index (χ1n) is 8.80. The van der Waals surface area contributed by atoms with Gasteiger partial charge in [-0.05, 0) is 62.6 Å². The van der Waals surface area contributed by atoms with Crippen LogP contribution in [0.15, 0.2) is 24.5 Å². The van der Waals surface area contributed by atoms with Gasteiger partial charge in [0.15, 0.2) is 0 Å². The number of nitrogens with one attached hydrogen (secondary N) is 1. The first kappa shape index (κ1) is 16.4. The summed E-state index contributed by atoms with van der Waals surface area (Å²) in [4.78, 5) is 18.7. The fourth-order valence-corrected chi connectivity index (χ4v) is 3.64. The largest absolute Gasteiger partial charge is 0.380 e. The van der Waals surface area contributed by atoms with E-state index < -0.39 is 5.60 Å². The van der Waals surface area contributed by atoms with Crippen LogP contribution in [0.25, 0.3) is 0 Å². The molecule has 1 aromatic rings. The number of hydrogen-bond donors (Lipinski definition) is 2. The third-order valence-corrected chi connectivity index (χ3v) is 5.24. The van der Waals surface area contributed by atoms with Crippen molar-refractivity contribution in [2.75, 3.05) is 19.6 Å². The Morgan fingerprint density at radius 3 is 2.57 bits per heavy atom. The van der Waals surface area contributed by atoms with E-state index in [0.29, 0.717) is 12.8 Å². The molecule has 0 atom stereocenters. The molecule has 1 aliphatic carbocycles. The Morgan fingerprint density at radius 1 is 1.26 bits per heavy atom. The lowest BCUT2D eigenvalue weighted by Crippen LogP contribution is -2.52. The average Bonchev–Trinajstić information content (AvgIpc) is 3.03. The number of rotatable bonds is 5. The zero-order chi connectivity index (χ0) is 16.1. The van der Waals surface area contributed by atoms with E-state index in [-0.39, 0.29) is 11.9 Å². The van der Waals surface area contributed by atoms with E-state index in [2.05, 4.69) is 27.3 Å². The number of amides is 1. The molecule has 0 aromatic carbocycles. The van der Waals surface area contributed by atoms with Crippen LogP contribution in [0.5, 0.6) is 0 Å². The molecule has 1 aliphatic heterocycles. The molecule has 0 spiro atoms. The Balaban J connectivity index is 1.39. The van der Waals surface area contributed by atoms with Crippen molar-refractivity contribution in [3.8, 4) is 0 Å². The second kappa shape index (κ2) is 7.41. The van der Waals surface area contributed by atoms with Crippen molar-refractivity contribution in [2.24, 2.45) is 0 Å². The smallest absolute Gasteiger partial charge is 0.252 e. The maximum atomic E-state index is 12.2. The minimum atomic E-state index is -1.10. The third-order valence-electron chi connectivity index (χ3n) is 5.24. The van der Waals surface area contributed by atoms with Gasteiger partial charge in [0.25, 0.3) is 5.91 Å². The van der Waals surface area contributed by atoms with Gasteiger partial charge in [0.05, 0.1) is 0 Å². The molecule has 0 unspecified atom stereocenters. The van der Waals surface area contributed by atoms with Crippen LogP contribution >= 0.6 is 0 Å². The number of hydrogen-bond acceptors (Lipinski definition) is 4. The lowest BCUT2D eigenvalue weighted by atomic mass is 9.98. The highest BCUT2D eigenvalue weighted by atomic mass is 16.3. The molecule has 2 N–H and O–H groups in total. The lowest BCUT2D eigenvalue weighted by Gasteiger charge is -2.34. The number of piperidine rings is 1. The van der Waals surface area contributed by atoms with Crippen LogP contribution in [0.4, 0.5) is 0 Å². The highest BCUT2D eigenvalue weighted by Gasteiger charge is 2.39. The van der Waals surface area contributed by atoms with E-state index in [1.807, 2.05) is 12.4 Å². The average molecular weight is 317 g/mol. The summed E-state index contributed by atoms with van der Waals surface area (Å²) in [6.45, 7) is 3.07. The maximum Gasteiger partial charge on any atom is 0.252 e. The number of carbonyl (C=O) groups excluding carboxylic acids is 1. The van der Waals surface area contributed by atoms with Crippen molar-refractivity contribution in [3.05, 3.63) is 30.1 Å². The molecule has 0 radical (unpaired) electrons. The minimum Gasteiger partial charge on any atom is -0.380 e. The van der Waals surface area contributed by atoms with E-state index in [1.165, 1.54) is 5.56 Å². The summed E-state index contributed by atoms with van der Waals surface area (Å²) in [6, 6.07) is 4.34. The lowest BCUT2D eigenvalue weighted by molar-refractivity contribution is -0.140. The Bertz CT molecular complexity index is 506. The van der Waals surface area contributed by atoms with Crippen molar-refractivity contribution in [1.29, 1.82) is 0 Å². The summed E-state index contributed by atoms with van der Waals surface area (Å²) >= 11 is 0. The van der Waals surface area contributed by atoms with Crippen molar-refractivity contribution in [2.45, 2.75) is 56.6 Å². The van der Waals surface area contributed by atoms with Gasteiger partial charge in [-0.1, -0.05) is 0 Å². The summed E-state index contributed by atoms with van der Waals surface area (Å²) in [5.74, 6) is -0.148. The van der Waals surface area contributed by atoms with Crippen molar-refractivity contribution in [3.63, 3.8) is 0 Å².